The Bertz CT molecular complexity index is 292. The highest BCUT2D eigenvalue weighted by Crippen LogP contribution is 2.31. The molecule has 0 unspecified atom stereocenters. The maximum absolute atomic E-state index is 11.3. The molecule has 0 heterocycles. The van der Waals surface area contributed by atoms with Crippen molar-refractivity contribution in [2.24, 2.45) is 23.5 Å². The molecule has 0 radical (unpaired) electrons. The van der Waals surface area contributed by atoms with Gasteiger partial charge in [0.1, 0.15) is 0 Å². The van der Waals surface area contributed by atoms with Gasteiger partial charge in [-0.2, -0.15) is 0 Å². The van der Waals surface area contributed by atoms with Gasteiger partial charge >= 0.3 is 0 Å². The second-order valence-electron chi connectivity index (χ2n) is 6.50. The van der Waals surface area contributed by atoms with Crippen LogP contribution in [0.2, 0.25) is 0 Å². The van der Waals surface area contributed by atoms with Crippen molar-refractivity contribution in [1.82, 2.24) is 5.32 Å². The van der Waals surface area contributed by atoms with Crippen molar-refractivity contribution in [2.45, 2.75) is 70.9 Å². The summed E-state index contributed by atoms with van der Waals surface area (Å²) in [6.07, 6.45) is 8.30. The van der Waals surface area contributed by atoms with Crippen LogP contribution in [0.1, 0.15) is 58.8 Å². The summed E-state index contributed by atoms with van der Waals surface area (Å²) in [5.41, 5.74) is 5.45. The molecule has 1 amide bonds. The fourth-order valence-corrected chi connectivity index (χ4v) is 3.72. The number of nitrogens with one attached hydrogen (secondary N) is 1. The van der Waals surface area contributed by atoms with E-state index in [1.165, 1.54) is 25.7 Å². The number of primary amides is 1. The minimum Gasteiger partial charge on any atom is -0.369 e. The number of rotatable bonds is 3. The second kappa shape index (κ2) is 6.05. The minimum atomic E-state index is -0.105. The van der Waals surface area contributed by atoms with Crippen molar-refractivity contribution in [3.05, 3.63) is 0 Å². The predicted octanol–water partition coefficient (Wildman–Crippen LogP) is 2.44. The van der Waals surface area contributed by atoms with Crippen LogP contribution in [-0.2, 0) is 4.79 Å². The lowest BCUT2D eigenvalue weighted by atomic mass is 9.77. The topological polar surface area (TPSA) is 55.1 Å². The van der Waals surface area contributed by atoms with Gasteiger partial charge in [0, 0.05) is 18.0 Å². The summed E-state index contributed by atoms with van der Waals surface area (Å²) in [5, 5.41) is 3.82. The number of carbonyl (C=O) groups excluding carboxylic acids is 1. The summed E-state index contributed by atoms with van der Waals surface area (Å²) in [7, 11) is 0. The van der Waals surface area contributed by atoms with Gasteiger partial charge in [-0.3, -0.25) is 4.79 Å². The molecule has 0 saturated heterocycles. The molecule has 2 fully saturated rings. The molecule has 3 nitrogen and oxygen atoms in total. The largest absolute Gasteiger partial charge is 0.369 e. The molecule has 3 heteroatoms. The van der Waals surface area contributed by atoms with Crippen LogP contribution in [0.25, 0.3) is 0 Å². The van der Waals surface area contributed by atoms with Crippen LogP contribution in [-0.4, -0.2) is 18.0 Å². The summed E-state index contributed by atoms with van der Waals surface area (Å²) in [4.78, 5) is 11.3. The first-order valence-corrected chi connectivity index (χ1v) is 7.63. The molecule has 0 bridgehead atoms. The lowest BCUT2D eigenvalue weighted by Gasteiger charge is -2.39. The molecule has 0 aliphatic heterocycles. The zero-order valence-electron chi connectivity index (χ0n) is 11.8. The normalized spacial score (nSPS) is 41.6. The molecule has 18 heavy (non-hydrogen) atoms. The Kier molecular flexibility index (Phi) is 4.66. The highest BCUT2D eigenvalue weighted by molar-refractivity contribution is 5.76. The minimum absolute atomic E-state index is 0.104. The van der Waals surface area contributed by atoms with Gasteiger partial charge in [-0.1, -0.05) is 33.1 Å². The molecule has 2 saturated carbocycles. The summed E-state index contributed by atoms with van der Waals surface area (Å²) in [5.74, 6) is 1.58. The molecule has 2 aliphatic carbocycles. The van der Waals surface area contributed by atoms with Gasteiger partial charge in [-0.05, 0) is 37.5 Å². The third kappa shape index (κ3) is 3.25. The van der Waals surface area contributed by atoms with Gasteiger partial charge < -0.3 is 11.1 Å². The molecule has 0 aromatic heterocycles. The number of hydrogen-bond donors (Lipinski definition) is 2. The van der Waals surface area contributed by atoms with E-state index in [9.17, 15) is 4.79 Å². The third-order valence-electron chi connectivity index (χ3n) is 5.23. The molecule has 5 atom stereocenters. The maximum Gasteiger partial charge on any atom is 0.220 e. The van der Waals surface area contributed by atoms with Gasteiger partial charge in [0.25, 0.3) is 0 Å². The van der Waals surface area contributed by atoms with Crippen LogP contribution >= 0.6 is 0 Å². The average Bonchev–Trinajstić information content (AvgIpc) is 2.35. The van der Waals surface area contributed by atoms with E-state index in [1.54, 1.807) is 0 Å². The summed E-state index contributed by atoms with van der Waals surface area (Å²) in [6.45, 7) is 4.74. The molecule has 2 rings (SSSR count). The molecule has 0 aromatic carbocycles. The third-order valence-corrected chi connectivity index (χ3v) is 5.23. The first-order chi connectivity index (χ1) is 8.58. The van der Waals surface area contributed by atoms with E-state index in [0.717, 1.165) is 31.1 Å². The maximum atomic E-state index is 11.3. The SMILES string of the molecule is C[C@@H]1[C@H](C)CCC[C@@H]1N[C@@H]1CCC[C@H](C(N)=O)C1. The van der Waals surface area contributed by atoms with Crippen LogP contribution in [0.15, 0.2) is 0 Å². The lowest BCUT2D eigenvalue weighted by Crippen LogP contribution is -2.48. The fraction of sp³-hybridized carbons (Fsp3) is 0.933. The van der Waals surface area contributed by atoms with Crippen LogP contribution in [0.3, 0.4) is 0 Å². The van der Waals surface area contributed by atoms with Crippen molar-refractivity contribution >= 4 is 5.91 Å². The summed E-state index contributed by atoms with van der Waals surface area (Å²) in [6, 6.07) is 1.15. The number of carbonyl (C=O) groups is 1. The highest BCUT2D eigenvalue weighted by atomic mass is 16.1. The standard InChI is InChI=1S/C15H28N2O/c1-10-5-3-8-14(11(10)2)17-13-7-4-6-12(9-13)15(16)18/h10-14,17H,3-9H2,1-2H3,(H2,16,18)/t10-,11-,12+,13-,14+/m1/s1. The van der Waals surface area contributed by atoms with Gasteiger partial charge in [-0.25, -0.2) is 0 Å². The van der Waals surface area contributed by atoms with E-state index in [2.05, 4.69) is 19.2 Å². The Morgan fingerprint density at radius 3 is 2.56 bits per heavy atom. The molecular formula is C15H28N2O. The van der Waals surface area contributed by atoms with Crippen LogP contribution in [0, 0.1) is 17.8 Å². The van der Waals surface area contributed by atoms with Crippen molar-refractivity contribution < 1.29 is 4.79 Å². The molecule has 104 valence electrons. The van der Waals surface area contributed by atoms with Crippen molar-refractivity contribution in [3.63, 3.8) is 0 Å². The van der Waals surface area contributed by atoms with Gasteiger partial charge in [-0.15, -0.1) is 0 Å². The van der Waals surface area contributed by atoms with Gasteiger partial charge in [0.05, 0.1) is 0 Å². The summed E-state index contributed by atoms with van der Waals surface area (Å²) < 4.78 is 0. The first-order valence-electron chi connectivity index (χ1n) is 7.63. The molecule has 0 spiro atoms. The predicted molar refractivity (Wildman–Crippen MR) is 74.0 cm³/mol. The van der Waals surface area contributed by atoms with Crippen LogP contribution in [0.5, 0.6) is 0 Å². The van der Waals surface area contributed by atoms with E-state index < -0.39 is 0 Å². The Balaban J connectivity index is 1.86. The Hall–Kier alpha value is -0.570. The second-order valence-corrected chi connectivity index (χ2v) is 6.50. The van der Waals surface area contributed by atoms with E-state index in [4.69, 9.17) is 5.73 Å². The molecule has 3 N–H and O–H groups in total. The van der Waals surface area contributed by atoms with Crippen molar-refractivity contribution in [3.8, 4) is 0 Å². The zero-order valence-corrected chi connectivity index (χ0v) is 11.8. The molecule has 2 aliphatic rings. The Labute approximate surface area is 111 Å². The van der Waals surface area contributed by atoms with Gasteiger partial charge in [0.15, 0.2) is 0 Å². The first kappa shape index (κ1) is 13.9. The quantitative estimate of drug-likeness (QED) is 0.810. The number of amides is 1. The van der Waals surface area contributed by atoms with Crippen molar-refractivity contribution in [1.29, 1.82) is 0 Å². The number of nitrogens with two attached hydrogens (primary N) is 1. The number of hydrogen-bond acceptors (Lipinski definition) is 2. The molecule has 0 aromatic rings. The van der Waals surface area contributed by atoms with E-state index in [0.29, 0.717) is 12.1 Å². The van der Waals surface area contributed by atoms with E-state index in [-0.39, 0.29) is 11.8 Å². The highest BCUT2D eigenvalue weighted by Gasteiger charge is 2.31. The van der Waals surface area contributed by atoms with Crippen LogP contribution in [0.4, 0.5) is 0 Å². The Morgan fingerprint density at radius 2 is 1.83 bits per heavy atom. The fourth-order valence-electron chi connectivity index (χ4n) is 3.72. The smallest absolute Gasteiger partial charge is 0.220 e. The van der Waals surface area contributed by atoms with Gasteiger partial charge in [0.2, 0.25) is 5.91 Å². The average molecular weight is 252 g/mol. The summed E-state index contributed by atoms with van der Waals surface area (Å²) >= 11 is 0. The Morgan fingerprint density at radius 1 is 1.11 bits per heavy atom. The van der Waals surface area contributed by atoms with E-state index in [1.807, 2.05) is 0 Å². The molecular weight excluding hydrogens is 224 g/mol. The van der Waals surface area contributed by atoms with E-state index >= 15 is 0 Å². The monoisotopic (exact) mass is 252 g/mol. The lowest BCUT2D eigenvalue weighted by molar-refractivity contribution is -0.123. The zero-order chi connectivity index (χ0) is 13.1. The van der Waals surface area contributed by atoms with Crippen molar-refractivity contribution in [2.75, 3.05) is 0 Å². The van der Waals surface area contributed by atoms with Crippen LogP contribution < -0.4 is 11.1 Å².